The molecule has 0 amide bonds. The van der Waals surface area contributed by atoms with Crippen LogP contribution < -0.4 is 0 Å². The maximum absolute atomic E-state index is 13.0. The van der Waals surface area contributed by atoms with E-state index in [1.807, 2.05) is 16.7 Å². The Morgan fingerprint density at radius 3 is 2.54 bits per heavy atom. The molecule has 3 rings (SSSR count). The first-order chi connectivity index (χ1) is 13.6. The van der Waals surface area contributed by atoms with Crippen LogP contribution >= 0.6 is 23.4 Å². The maximum Gasteiger partial charge on any atom is 0.191 e. The lowest BCUT2D eigenvalue weighted by Crippen LogP contribution is -2.07. The van der Waals surface area contributed by atoms with Crippen molar-refractivity contribution in [1.29, 1.82) is 0 Å². The molecule has 0 fully saturated rings. The number of ether oxygens (including phenoxy) is 1. The summed E-state index contributed by atoms with van der Waals surface area (Å²) in [4.78, 5) is 12.4. The van der Waals surface area contributed by atoms with Crippen molar-refractivity contribution >= 4 is 29.1 Å². The Bertz CT molecular complexity index is 930. The lowest BCUT2D eigenvalue weighted by Gasteiger charge is -2.10. The summed E-state index contributed by atoms with van der Waals surface area (Å²) < 4.78 is 20.2. The van der Waals surface area contributed by atoms with Gasteiger partial charge < -0.3 is 9.30 Å². The third kappa shape index (κ3) is 5.19. The first-order valence-electron chi connectivity index (χ1n) is 8.68. The first-order valence-corrected chi connectivity index (χ1v) is 10.0. The second-order valence-corrected chi connectivity index (χ2v) is 7.41. The molecule has 0 aliphatic heterocycles. The summed E-state index contributed by atoms with van der Waals surface area (Å²) in [7, 11) is 1.66. The monoisotopic (exact) mass is 419 g/mol. The van der Waals surface area contributed by atoms with E-state index in [-0.39, 0.29) is 17.4 Å². The number of carbonyl (C=O) groups excluding carboxylic acids is 1. The summed E-state index contributed by atoms with van der Waals surface area (Å²) >= 11 is 7.28. The minimum absolute atomic E-state index is 0.0931. The molecule has 0 aliphatic rings. The Morgan fingerprint density at radius 2 is 1.86 bits per heavy atom. The van der Waals surface area contributed by atoms with Crippen LogP contribution in [0.25, 0.3) is 11.4 Å². The van der Waals surface area contributed by atoms with Crippen LogP contribution in [0.4, 0.5) is 4.39 Å². The molecule has 0 radical (unpaired) electrons. The van der Waals surface area contributed by atoms with E-state index >= 15 is 0 Å². The number of benzene rings is 2. The summed E-state index contributed by atoms with van der Waals surface area (Å²) in [5.41, 5.74) is 1.36. The van der Waals surface area contributed by atoms with Crippen molar-refractivity contribution in [3.05, 3.63) is 64.9 Å². The van der Waals surface area contributed by atoms with Crippen molar-refractivity contribution in [1.82, 2.24) is 14.8 Å². The number of halogens is 2. The van der Waals surface area contributed by atoms with Gasteiger partial charge in [-0.2, -0.15) is 0 Å². The van der Waals surface area contributed by atoms with Crippen LogP contribution in [-0.2, 0) is 11.3 Å². The van der Waals surface area contributed by atoms with Crippen LogP contribution in [0.3, 0.4) is 0 Å². The molecule has 0 bridgehead atoms. The lowest BCUT2D eigenvalue weighted by molar-refractivity contribution is 0.102. The van der Waals surface area contributed by atoms with E-state index in [2.05, 4.69) is 10.2 Å². The number of carbonyl (C=O) groups is 1. The molecule has 146 valence electrons. The highest BCUT2D eigenvalue weighted by Crippen LogP contribution is 2.26. The summed E-state index contributed by atoms with van der Waals surface area (Å²) in [6, 6.07) is 12.9. The molecule has 0 aliphatic carbocycles. The molecule has 0 atom stereocenters. The van der Waals surface area contributed by atoms with Crippen LogP contribution in [-0.4, -0.2) is 40.0 Å². The van der Waals surface area contributed by atoms with Crippen molar-refractivity contribution in [3.63, 3.8) is 0 Å². The van der Waals surface area contributed by atoms with E-state index in [9.17, 15) is 9.18 Å². The topological polar surface area (TPSA) is 57.0 Å². The number of ketones is 1. The van der Waals surface area contributed by atoms with Gasteiger partial charge in [0.1, 0.15) is 5.82 Å². The van der Waals surface area contributed by atoms with Gasteiger partial charge in [-0.3, -0.25) is 4.79 Å². The van der Waals surface area contributed by atoms with Crippen molar-refractivity contribution < 1.29 is 13.9 Å². The molecular formula is C20H19ClFN3O2S. The first kappa shape index (κ1) is 20.5. The van der Waals surface area contributed by atoms with Crippen LogP contribution in [0.15, 0.2) is 53.7 Å². The summed E-state index contributed by atoms with van der Waals surface area (Å²) in [6.07, 6.45) is 0.786. The molecule has 0 saturated carbocycles. The number of methoxy groups -OCH3 is 1. The third-order valence-electron chi connectivity index (χ3n) is 4.05. The van der Waals surface area contributed by atoms with E-state index in [1.165, 1.54) is 36.0 Å². The van der Waals surface area contributed by atoms with E-state index in [0.717, 1.165) is 12.0 Å². The minimum Gasteiger partial charge on any atom is -0.385 e. The van der Waals surface area contributed by atoms with Gasteiger partial charge in [0, 0.05) is 36.4 Å². The molecule has 5 nitrogen and oxygen atoms in total. The fraction of sp³-hybridized carbons (Fsp3) is 0.250. The summed E-state index contributed by atoms with van der Waals surface area (Å²) in [5.74, 6) is 0.443. The molecule has 0 saturated heterocycles. The third-order valence-corrected chi connectivity index (χ3v) is 5.27. The van der Waals surface area contributed by atoms with Crippen LogP contribution in [0.5, 0.6) is 0 Å². The number of rotatable bonds is 9. The predicted molar refractivity (Wildman–Crippen MR) is 108 cm³/mol. The average molecular weight is 420 g/mol. The zero-order chi connectivity index (χ0) is 19.9. The Kier molecular flexibility index (Phi) is 7.19. The van der Waals surface area contributed by atoms with Gasteiger partial charge in [-0.1, -0.05) is 23.4 Å². The second-order valence-electron chi connectivity index (χ2n) is 6.03. The van der Waals surface area contributed by atoms with Crippen LogP contribution in [0, 0.1) is 5.82 Å². The Balaban J connectivity index is 1.78. The van der Waals surface area contributed by atoms with Gasteiger partial charge in [0.15, 0.2) is 16.8 Å². The molecular weight excluding hydrogens is 401 g/mol. The number of aromatic nitrogens is 3. The fourth-order valence-corrected chi connectivity index (χ4v) is 3.61. The summed E-state index contributed by atoms with van der Waals surface area (Å²) in [5, 5.41) is 9.86. The van der Waals surface area contributed by atoms with Gasteiger partial charge >= 0.3 is 0 Å². The van der Waals surface area contributed by atoms with Crippen molar-refractivity contribution in [3.8, 4) is 11.4 Å². The smallest absolute Gasteiger partial charge is 0.191 e. The van der Waals surface area contributed by atoms with Gasteiger partial charge in [-0.15, -0.1) is 10.2 Å². The predicted octanol–water partition coefficient (Wildman–Crippen LogP) is 4.75. The van der Waals surface area contributed by atoms with Crippen LogP contribution in [0.1, 0.15) is 16.8 Å². The molecule has 1 heterocycles. The van der Waals surface area contributed by atoms with Gasteiger partial charge in [0.05, 0.1) is 5.75 Å². The van der Waals surface area contributed by atoms with Gasteiger partial charge in [-0.05, 0) is 55.0 Å². The molecule has 1 aromatic heterocycles. The normalized spacial score (nSPS) is 11.0. The highest BCUT2D eigenvalue weighted by molar-refractivity contribution is 7.99. The highest BCUT2D eigenvalue weighted by atomic mass is 35.5. The zero-order valence-corrected chi connectivity index (χ0v) is 16.8. The molecule has 8 heteroatoms. The number of hydrogen-bond donors (Lipinski definition) is 0. The van der Waals surface area contributed by atoms with Gasteiger partial charge in [-0.25, -0.2) is 4.39 Å². The Morgan fingerprint density at radius 1 is 1.14 bits per heavy atom. The number of Topliss-reactive ketones (excluding diaryl/α,β-unsaturated/α-hetero) is 1. The van der Waals surface area contributed by atoms with E-state index in [1.54, 1.807) is 19.2 Å². The fourth-order valence-electron chi connectivity index (χ4n) is 2.63. The molecule has 28 heavy (non-hydrogen) atoms. The Hall–Kier alpha value is -2.22. The van der Waals surface area contributed by atoms with Crippen molar-refractivity contribution in [2.45, 2.75) is 18.1 Å². The van der Waals surface area contributed by atoms with Crippen molar-refractivity contribution in [2.75, 3.05) is 19.5 Å². The number of hydrogen-bond acceptors (Lipinski definition) is 5. The lowest BCUT2D eigenvalue weighted by atomic mass is 10.1. The molecule has 0 unspecified atom stereocenters. The van der Waals surface area contributed by atoms with Gasteiger partial charge in [0.25, 0.3) is 0 Å². The van der Waals surface area contributed by atoms with E-state index in [0.29, 0.717) is 34.7 Å². The molecule has 3 aromatic rings. The number of nitrogens with zero attached hydrogens (tertiary/aromatic N) is 3. The second kappa shape index (κ2) is 9.82. The minimum atomic E-state index is -0.366. The van der Waals surface area contributed by atoms with Crippen LogP contribution in [0.2, 0.25) is 5.02 Å². The molecule has 0 N–H and O–H groups in total. The van der Waals surface area contributed by atoms with E-state index in [4.69, 9.17) is 16.3 Å². The molecule has 2 aromatic carbocycles. The SMILES string of the molecule is COCCCn1c(SCC(=O)c2ccc(F)cc2)nnc1-c1ccc(Cl)cc1. The van der Waals surface area contributed by atoms with E-state index < -0.39 is 0 Å². The zero-order valence-electron chi connectivity index (χ0n) is 15.3. The van der Waals surface area contributed by atoms with Gasteiger partial charge in [0.2, 0.25) is 0 Å². The van der Waals surface area contributed by atoms with Crippen molar-refractivity contribution in [2.24, 2.45) is 0 Å². The molecule has 0 spiro atoms. The quantitative estimate of drug-likeness (QED) is 0.284. The largest absolute Gasteiger partial charge is 0.385 e. The standard InChI is InChI=1S/C20H19ClFN3O2S/c1-27-12-2-11-25-19(15-3-7-16(21)8-4-15)23-24-20(25)28-13-18(26)14-5-9-17(22)10-6-14/h3-10H,2,11-13H2,1H3. The maximum atomic E-state index is 13.0. The highest BCUT2D eigenvalue weighted by Gasteiger charge is 2.16. The average Bonchev–Trinajstić information content (AvgIpc) is 3.10. The summed E-state index contributed by atoms with van der Waals surface area (Å²) in [6.45, 7) is 1.27. The Labute approximate surface area is 171 Å². The number of thioether (sulfide) groups is 1.